The maximum absolute atomic E-state index is 11.7. The van der Waals surface area contributed by atoms with E-state index in [0.29, 0.717) is 12.1 Å². The first-order chi connectivity index (χ1) is 8.50. The van der Waals surface area contributed by atoms with E-state index in [9.17, 15) is 14.4 Å². The van der Waals surface area contributed by atoms with Crippen LogP contribution in [0.2, 0.25) is 0 Å². The lowest BCUT2D eigenvalue weighted by Crippen LogP contribution is -2.20. The van der Waals surface area contributed by atoms with E-state index in [1.165, 1.54) is 6.07 Å². The Kier molecular flexibility index (Phi) is 3.01. The summed E-state index contributed by atoms with van der Waals surface area (Å²) in [4.78, 5) is 33.5. The number of primary amides is 1. The minimum Gasteiger partial charge on any atom is -0.481 e. The van der Waals surface area contributed by atoms with Crippen molar-refractivity contribution >= 4 is 23.5 Å². The summed E-state index contributed by atoms with van der Waals surface area (Å²) in [6.07, 6.45) is 0.333. The average Bonchev–Trinajstić information content (AvgIpc) is 3.09. The molecule has 2 amide bonds. The molecular formula is C12H12N2O4. The topological polar surface area (TPSA) is 109 Å². The predicted molar refractivity (Wildman–Crippen MR) is 62.8 cm³/mol. The van der Waals surface area contributed by atoms with Crippen LogP contribution in [-0.2, 0) is 9.59 Å². The average molecular weight is 248 g/mol. The molecule has 0 aromatic heterocycles. The number of rotatable bonds is 4. The third-order valence-electron chi connectivity index (χ3n) is 2.89. The van der Waals surface area contributed by atoms with Crippen molar-refractivity contribution in [1.29, 1.82) is 0 Å². The highest BCUT2D eigenvalue weighted by Gasteiger charge is 2.48. The fraction of sp³-hybridized carbons (Fsp3) is 0.250. The number of carbonyl (C=O) groups is 3. The second-order valence-corrected chi connectivity index (χ2v) is 4.19. The van der Waals surface area contributed by atoms with Gasteiger partial charge in [-0.15, -0.1) is 0 Å². The molecule has 1 aliphatic carbocycles. The molecule has 1 aliphatic rings. The first-order valence-electron chi connectivity index (χ1n) is 5.43. The Bertz CT molecular complexity index is 527. The van der Waals surface area contributed by atoms with Gasteiger partial charge in [0.1, 0.15) is 0 Å². The van der Waals surface area contributed by atoms with Gasteiger partial charge in [-0.05, 0) is 18.6 Å². The zero-order valence-electron chi connectivity index (χ0n) is 9.42. The van der Waals surface area contributed by atoms with Crippen LogP contribution in [0.1, 0.15) is 16.8 Å². The van der Waals surface area contributed by atoms with E-state index in [4.69, 9.17) is 10.8 Å². The first kappa shape index (κ1) is 12.1. The van der Waals surface area contributed by atoms with Gasteiger partial charge in [0.25, 0.3) is 5.91 Å². The molecule has 0 heterocycles. The Labute approximate surface area is 103 Å². The zero-order valence-corrected chi connectivity index (χ0v) is 9.42. The number of carbonyl (C=O) groups excluding carboxylic acids is 2. The number of carboxylic acids is 1. The Morgan fingerprint density at radius 2 is 1.89 bits per heavy atom. The summed E-state index contributed by atoms with van der Waals surface area (Å²) < 4.78 is 0. The highest BCUT2D eigenvalue weighted by Crippen LogP contribution is 2.39. The van der Waals surface area contributed by atoms with Gasteiger partial charge in [0.15, 0.2) is 0 Å². The van der Waals surface area contributed by atoms with Crippen LogP contribution in [0.4, 0.5) is 5.69 Å². The summed E-state index contributed by atoms with van der Waals surface area (Å²) in [5, 5.41) is 11.3. The summed E-state index contributed by atoms with van der Waals surface area (Å²) >= 11 is 0. The van der Waals surface area contributed by atoms with E-state index < -0.39 is 29.6 Å². The van der Waals surface area contributed by atoms with E-state index >= 15 is 0 Å². The number of anilines is 1. The van der Waals surface area contributed by atoms with Gasteiger partial charge in [-0.2, -0.15) is 0 Å². The van der Waals surface area contributed by atoms with Crippen LogP contribution in [0.5, 0.6) is 0 Å². The molecule has 2 rings (SSSR count). The highest BCUT2D eigenvalue weighted by molar-refractivity contribution is 6.05. The van der Waals surface area contributed by atoms with Crippen molar-refractivity contribution in [3.63, 3.8) is 0 Å². The summed E-state index contributed by atoms with van der Waals surface area (Å²) in [5.74, 6) is -3.15. The van der Waals surface area contributed by atoms with Crippen LogP contribution in [0, 0.1) is 11.8 Å². The lowest BCUT2D eigenvalue weighted by Gasteiger charge is -2.08. The first-order valence-corrected chi connectivity index (χ1v) is 5.43. The predicted octanol–water partition coefficient (Wildman–Crippen LogP) is 0.445. The van der Waals surface area contributed by atoms with Gasteiger partial charge in [0.2, 0.25) is 5.91 Å². The fourth-order valence-corrected chi connectivity index (χ4v) is 1.79. The van der Waals surface area contributed by atoms with Gasteiger partial charge in [-0.25, -0.2) is 0 Å². The number of para-hydroxylation sites is 1. The minimum absolute atomic E-state index is 0.207. The van der Waals surface area contributed by atoms with Crippen molar-refractivity contribution in [2.75, 3.05) is 5.32 Å². The molecule has 94 valence electrons. The van der Waals surface area contributed by atoms with Crippen LogP contribution >= 0.6 is 0 Å². The SMILES string of the molecule is NC(=O)c1ccccc1NC(=O)C1CC1C(=O)O. The maximum atomic E-state index is 11.7. The van der Waals surface area contributed by atoms with E-state index in [-0.39, 0.29) is 5.56 Å². The molecule has 4 N–H and O–H groups in total. The number of hydrogen-bond acceptors (Lipinski definition) is 3. The van der Waals surface area contributed by atoms with Gasteiger partial charge >= 0.3 is 5.97 Å². The molecule has 0 spiro atoms. The van der Waals surface area contributed by atoms with Gasteiger partial charge in [0, 0.05) is 0 Å². The Hall–Kier alpha value is -2.37. The summed E-state index contributed by atoms with van der Waals surface area (Å²) in [5.41, 5.74) is 5.69. The summed E-state index contributed by atoms with van der Waals surface area (Å²) in [6.45, 7) is 0. The molecule has 1 fully saturated rings. The molecule has 1 saturated carbocycles. The molecule has 6 heteroatoms. The maximum Gasteiger partial charge on any atom is 0.307 e. The molecule has 6 nitrogen and oxygen atoms in total. The third kappa shape index (κ3) is 2.32. The third-order valence-corrected chi connectivity index (χ3v) is 2.89. The number of carboxylic acid groups (broad SMARTS) is 1. The molecular weight excluding hydrogens is 236 g/mol. The Balaban J connectivity index is 2.09. The lowest BCUT2D eigenvalue weighted by molar-refractivity contribution is -0.139. The normalized spacial score (nSPS) is 21.1. The summed E-state index contributed by atoms with van der Waals surface area (Å²) in [7, 11) is 0. The van der Waals surface area contributed by atoms with Crippen molar-refractivity contribution in [2.45, 2.75) is 6.42 Å². The van der Waals surface area contributed by atoms with Crippen molar-refractivity contribution < 1.29 is 19.5 Å². The largest absolute Gasteiger partial charge is 0.481 e. The number of benzene rings is 1. The van der Waals surface area contributed by atoms with Gasteiger partial charge < -0.3 is 16.2 Å². The van der Waals surface area contributed by atoms with Gasteiger partial charge in [-0.3, -0.25) is 14.4 Å². The van der Waals surface area contributed by atoms with Gasteiger partial charge in [-0.1, -0.05) is 12.1 Å². The Morgan fingerprint density at radius 1 is 1.22 bits per heavy atom. The second-order valence-electron chi connectivity index (χ2n) is 4.19. The zero-order chi connectivity index (χ0) is 13.3. The smallest absolute Gasteiger partial charge is 0.307 e. The number of nitrogens with one attached hydrogen (secondary N) is 1. The monoisotopic (exact) mass is 248 g/mol. The molecule has 2 atom stereocenters. The van der Waals surface area contributed by atoms with E-state index in [0.717, 1.165) is 0 Å². The fourth-order valence-electron chi connectivity index (χ4n) is 1.79. The van der Waals surface area contributed by atoms with Crippen LogP contribution in [-0.4, -0.2) is 22.9 Å². The van der Waals surface area contributed by atoms with Gasteiger partial charge in [0.05, 0.1) is 23.1 Å². The second kappa shape index (κ2) is 4.48. The van der Waals surface area contributed by atoms with E-state index in [2.05, 4.69) is 5.32 Å². The highest BCUT2D eigenvalue weighted by atomic mass is 16.4. The molecule has 0 bridgehead atoms. The number of amides is 2. The van der Waals surface area contributed by atoms with Crippen LogP contribution < -0.4 is 11.1 Å². The lowest BCUT2D eigenvalue weighted by atomic mass is 10.1. The van der Waals surface area contributed by atoms with Crippen LogP contribution in [0.3, 0.4) is 0 Å². The molecule has 18 heavy (non-hydrogen) atoms. The van der Waals surface area contributed by atoms with E-state index in [1.54, 1.807) is 18.2 Å². The minimum atomic E-state index is -0.974. The van der Waals surface area contributed by atoms with Crippen molar-refractivity contribution in [3.05, 3.63) is 29.8 Å². The quantitative estimate of drug-likeness (QED) is 0.718. The molecule has 2 unspecified atom stereocenters. The number of hydrogen-bond donors (Lipinski definition) is 3. The summed E-state index contributed by atoms with van der Waals surface area (Å²) in [6, 6.07) is 6.34. The van der Waals surface area contributed by atoms with E-state index in [1.807, 2.05) is 0 Å². The molecule has 1 aromatic carbocycles. The van der Waals surface area contributed by atoms with Crippen molar-refractivity contribution in [2.24, 2.45) is 17.6 Å². The number of nitrogens with two attached hydrogens (primary N) is 1. The van der Waals surface area contributed by atoms with Crippen molar-refractivity contribution in [1.82, 2.24) is 0 Å². The number of aliphatic carboxylic acids is 1. The van der Waals surface area contributed by atoms with Crippen LogP contribution in [0.15, 0.2) is 24.3 Å². The molecule has 0 radical (unpaired) electrons. The molecule has 0 saturated heterocycles. The molecule has 0 aliphatic heterocycles. The van der Waals surface area contributed by atoms with Crippen molar-refractivity contribution in [3.8, 4) is 0 Å². The van der Waals surface area contributed by atoms with Crippen LogP contribution in [0.25, 0.3) is 0 Å². The standard InChI is InChI=1S/C12H12N2O4/c13-10(15)6-3-1-2-4-9(6)14-11(16)7-5-8(7)12(17)18/h1-4,7-8H,5H2,(H2,13,15)(H,14,16)(H,17,18). The Morgan fingerprint density at radius 3 is 2.44 bits per heavy atom. The molecule has 1 aromatic rings.